The smallest absolute Gasteiger partial charge is 0.325 e. The molecule has 9 heteroatoms. The number of hydrogen-bond acceptors (Lipinski definition) is 7. The van der Waals surface area contributed by atoms with Gasteiger partial charge >= 0.3 is 11.7 Å². The van der Waals surface area contributed by atoms with Crippen molar-refractivity contribution >= 4 is 23.9 Å². The second-order valence-corrected chi connectivity index (χ2v) is 4.85. The van der Waals surface area contributed by atoms with Crippen LogP contribution in [0.4, 0.5) is 5.69 Å². The molecule has 0 bridgehead atoms. The quantitative estimate of drug-likeness (QED) is 0.218. The van der Waals surface area contributed by atoms with Crippen LogP contribution in [0.15, 0.2) is 18.2 Å². The lowest BCUT2D eigenvalue weighted by Gasteiger charge is -2.15. The molecule has 1 aromatic rings. The van der Waals surface area contributed by atoms with Gasteiger partial charge in [0.1, 0.15) is 6.54 Å². The van der Waals surface area contributed by atoms with Gasteiger partial charge in [-0.25, -0.2) is 0 Å². The Bertz CT molecular complexity index is 630. The Labute approximate surface area is 138 Å². The minimum absolute atomic E-state index is 0.0278. The maximum absolute atomic E-state index is 11.8. The first-order valence-corrected chi connectivity index (χ1v) is 7.06. The first kappa shape index (κ1) is 19.1. The molecule has 0 fully saturated rings. The first-order chi connectivity index (χ1) is 11.4. The van der Waals surface area contributed by atoms with E-state index in [0.29, 0.717) is 12.7 Å². The summed E-state index contributed by atoms with van der Waals surface area (Å²) in [6, 6.07) is 4.18. The standard InChI is InChI=1S/C15H18N2O7/c1-16(9-14(20)23-2)13(19)7-4-8-24-12-6-3-5-11(10-18)15(12)17(21)22/h3,5-6,10H,4,7-9H2,1-2H3. The lowest BCUT2D eigenvalue weighted by Crippen LogP contribution is -2.32. The van der Waals surface area contributed by atoms with E-state index in [-0.39, 0.29) is 36.8 Å². The normalized spacial score (nSPS) is 9.92. The van der Waals surface area contributed by atoms with Crippen molar-refractivity contribution in [3.05, 3.63) is 33.9 Å². The van der Waals surface area contributed by atoms with E-state index in [2.05, 4.69) is 4.74 Å². The molecule has 0 saturated heterocycles. The van der Waals surface area contributed by atoms with E-state index >= 15 is 0 Å². The van der Waals surface area contributed by atoms with E-state index in [1.54, 1.807) is 0 Å². The minimum Gasteiger partial charge on any atom is -0.487 e. The van der Waals surface area contributed by atoms with Crippen molar-refractivity contribution in [3.63, 3.8) is 0 Å². The molecule has 24 heavy (non-hydrogen) atoms. The molecule has 0 N–H and O–H groups in total. The summed E-state index contributed by atoms with van der Waals surface area (Å²) >= 11 is 0. The number of para-hydroxylation sites is 1. The molecule has 0 aliphatic rings. The first-order valence-electron chi connectivity index (χ1n) is 7.06. The zero-order chi connectivity index (χ0) is 18.1. The van der Waals surface area contributed by atoms with Crippen molar-refractivity contribution in [1.29, 1.82) is 0 Å². The highest BCUT2D eigenvalue weighted by molar-refractivity contribution is 5.83. The van der Waals surface area contributed by atoms with Gasteiger partial charge in [0.15, 0.2) is 12.0 Å². The van der Waals surface area contributed by atoms with Crippen molar-refractivity contribution in [2.24, 2.45) is 0 Å². The number of methoxy groups -OCH3 is 1. The van der Waals surface area contributed by atoms with Crippen LogP contribution in [0.25, 0.3) is 0 Å². The third-order valence-corrected chi connectivity index (χ3v) is 3.15. The number of hydrogen-bond donors (Lipinski definition) is 0. The van der Waals surface area contributed by atoms with Crippen molar-refractivity contribution in [2.45, 2.75) is 12.8 Å². The Hall–Kier alpha value is -2.97. The van der Waals surface area contributed by atoms with E-state index in [0.717, 1.165) is 0 Å². The molecule has 0 atom stereocenters. The molecule has 0 aliphatic carbocycles. The summed E-state index contributed by atoms with van der Waals surface area (Å²) in [5.74, 6) is -0.830. The molecule has 0 radical (unpaired) electrons. The Balaban J connectivity index is 2.54. The molecule has 0 aliphatic heterocycles. The number of carbonyl (C=O) groups is 3. The average Bonchev–Trinajstić information content (AvgIpc) is 2.57. The lowest BCUT2D eigenvalue weighted by atomic mass is 10.2. The third-order valence-electron chi connectivity index (χ3n) is 3.15. The molecule has 0 saturated carbocycles. The largest absolute Gasteiger partial charge is 0.487 e. The zero-order valence-electron chi connectivity index (χ0n) is 13.4. The number of nitro benzene ring substituents is 1. The van der Waals surface area contributed by atoms with Crippen LogP contribution in [0.5, 0.6) is 5.75 Å². The van der Waals surface area contributed by atoms with E-state index in [9.17, 15) is 24.5 Å². The SMILES string of the molecule is COC(=O)CN(C)C(=O)CCCOc1cccc(C=O)c1[N+](=O)[O-]. The Kier molecular flexibility index (Phi) is 7.34. The Morgan fingerprint density at radius 1 is 1.38 bits per heavy atom. The molecule has 9 nitrogen and oxygen atoms in total. The van der Waals surface area contributed by atoms with Gasteiger partial charge in [-0.3, -0.25) is 24.5 Å². The molecule has 1 rings (SSSR count). The summed E-state index contributed by atoms with van der Waals surface area (Å²) in [4.78, 5) is 45.3. The maximum atomic E-state index is 11.8. The van der Waals surface area contributed by atoms with E-state index in [1.807, 2.05) is 0 Å². The predicted octanol–water partition coefficient (Wildman–Crippen LogP) is 1.20. The van der Waals surface area contributed by atoms with E-state index < -0.39 is 16.6 Å². The Morgan fingerprint density at radius 2 is 2.08 bits per heavy atom. The summed E-state index contributed by atoms with van der Waals surface area (Å²) in [6.45, 7) is -0.0933. The summed E-state index contributed by atoms with van der Waals surface area (Å²) in [5, 5.41) is 11.0. The van der Waals surface area contributed by atoms with Crippen LogP contribution in [0, 0.1) is 10.1 Å². The van der Waals surface area contributed by atoms with E-state index in [4.69, 9.17) is 4.74 Å². The highest BCUT2D eigenvalue weighted by Gasteiger charge is 2.20. The number of rotatable bonds is 9. The summed E-state index contributed by atoms with van der Waals surface area (Å²) < 4.78 is 9.77. The van der Waals surface area contributed by atoms with Gasteiger partial charge in [-0.15, -0.1) is 0 Å². The number of amides is 1. The van der Waals surface area contributed by atoms with Gasteiger partial charge < -0.3 is 14.4 Å². The van der Waals surface area contributed by atoms with Gasteiger partial charge in [0.2, 0.25) is 5.91 Å². The fourth-order valence-electron chi connectivity index (χ4n) is 1.89. The molecular weight excluding hydrogens is 320 g/mol. The Morgan fingerprint density at radius 3 is 2.67 bits per heavy atom. The summed E-state index contributed by atoms with van der Waals surface area (Å²) in [5.41, 5.74) is -0.479. The number of esters is 1. The van der Waals surface area contributed by atoms with Crippen molar-refractivity contribution in [1.82, 2.24) is 4.90 Å². The number of aldehydes is 1. The molecule has 0 aromatic heterocycles. The highest BCUT2D eigenvalue weighted by Crippen LogP contribution is 2.29. The van der Waals surface area contributed by atoms with Gasteiger partial charge in [0.25, 0.3) is 0 Å². The van der Waals surface area contributed by atoms with Crippen LogP contribution < -0.4 is 4.74 Å². The average molecular weight is 338 g/mol. The number of nitro groups is 1. The number of nitrogens with zero attached hydrogens (tertiary/aromatic N) is 2. The van der Waals surface area contributed by atoms with Gasteiger partial charge in [-0.2, -0.15) is 0 Å². The third kappa shape index (κ3) is 5.34. The highest BCUT2D eigenvalue weighted by atomic mass is 16.6. The van der Waals surface area contributed by atoms with Gasteiger partial charge in [0.05, 0.1) is 24.2 Å². The van der Waals surface area contributed by atoms with Crippen molar-refractivity contribution < 1.29 is 28.8 Å². The topological polar surface area (TPSA) is 116 Å². The lowest BCUT2D eigenvalue weighted by molar-refractivity contribution is -0.386. The molecule has 0 unspecified atom stereocenters. The predicted molar refractivity (Wildman–Crippen MR) is 82.9 cm³/mol. The van der Waals surface area contributed by atoms with Crippen LogP contribution in [0.1, 0.15) is 23.2 Å². The van der Waals surface area contributed by atoms with E-state index in [1.165, 1.54) is 37.3 Å². The van der Waals surface area contributed by atoms with Crippen LogP contribution in [-0.4, -0.2) is 55.3 Å². The monoisotopic (exact) mass is 338 g/mol. The maximum Gasteiger partial charge on any atom is 0.325 e. The zero-order valence-corrected chi connectivity index (χ0v) is 13.4. The molecule has 1 aromatic carbocycles. The fraction of sp³-hybridized carbons (Fsp3) is 0.400. The van der Waals surface area contributed by atoms with Crippen LogP contribution >= 0.6 is 0 Å². The minimum atomic E-state index is -0.686. The number of ether oxygens (including phenoxy) is 2. The molecule has 0 heterocycles. The molecule has 1 amide bonds. The van der Waals surface area contributed by atoms with Crippen LogP contribution in [-0.2, 0) is 14.3 Å². The second-order valence-electron chi connectivity index (χ2n) is 4.85. The number of benzene rings is 1. The fourth-order valence-corrected chi connectivity index (χ4v) is 1.89. The van der Waals surface area contributed by atoms with Crippen molar-refractivity contribution in [3.8, 4) is 5.75 Å². The molecule has 0 spiro atoms. The summed E-state index contributed by atoms with van der Waals surface area (Å²) in [7, 11) is 2.70. The molecular formula is C15H18N2O7. The van der Waals surface area contributed by atoms with Crippen molar-refractivity contribution in [2.75, 3.05) is 27.3 Å². The van der Waals surface area contributed by atoms with Gasteiger partial charge in [-0.05, 0) is 18.6 Å². The number of carbonyl (C=O) groups excluding carboxylic acids is 3. The number of likely N-dealkylation sites (N-methyl/N-ethyl adjacent to an activating group) is 1. The van der Waals surface area contributed by atoms with Crippen LogP contribution in [0.3, 0.4) is 0 Å². The second kappa shape index (κ2) is 9.23. The molecule has 130 valence electrons. The van der Waals surface area contributed by atoms with Crippen LogP contribution in [0.2, 0.25) is 0 Å². The van der Waals surface area contributed by atoms with Gasteiger partial charge in [-0.1, -0.05) is 6.07 Å². The summed E-state index contributed by atoms with van der Waals surface area (Å²) in [6.07, 6.45) is 0.789. The van der Waals surface area contributed by atoms with Gasteiger partial charge in [0, 0.05) is 13.5 Å².